The average Bonchev–Trinajstić information content (AvgIpc) is 3.33. The lowest BCUT2D eigenvalue weighted by Gasteiger charge is -2.37. The molecule has 42 heavy (non-hydrogen) atoms. The van der Waals surface area contributed by atoms with E-state index in [1.807, 2.05) is 20.8 Å². The largest absolute Gasteiger partial charge is 0.366 e. The smallest absolute Gasteiger partial charge is 0.248 e. The number of aryl methyl sites for hydroxylation is 1. The van der Waals surface area contributed by atoms with Gasteiger partial charge in [0, 0.05) is 22.9 Å². The van der Waals surface area contributed by atoms with Gasteiger partial charge in [-0.05, 0) is 67.7 Å². The molecule has 0 aliphatic carbocycles. The molecule has 1 saturated heterocycles. The first kappa shape index (κ1) is 30.8. The van der Waals surface area contributed by atoms with Gasteiger partial charge in [0.2, 0.25) is 17.7 Å². The van der Waals surface area contributed by atoms with E-state index in [0.29, 0.717) is 11.1 Å². The third kappa shape index (κ3) is 5.63. The fourth-order valence-electron chi connectivity index (χ4n) is 5.98. The first-order valence-corrected chi connectivity index (χ1v) is 13.5. The van der Waals surface area contributed by atoms with Crippen LogP contribution in [0.3, 0.4) is 0 Å². The molecule has 3 amide bonds. The number of carbonyl (C=O) groups excluding carboxylic acids is 3. The highest BCUT2D eigenvalue weighted by Crippen LogP contribution is 2.56. The lowest BCUT2D eigenvalue weighted by molar-refractivity contribution is -0.123. The van der Waals surface area contributed by atoms with Crippen molar-refractivity contribution in [1.29, 1.82) is 0 Å². The molecular formula is C32H35F3N4O3. The van der Waals surface area contributed by atoms with E-state index in [1.54, 1.807) is 26.0 Å². The number of hydrogen-bond acceptors (Lipinski definition) is 4. The molecule has 1 fully saturated rings. The van der Waals surface area contributed by atoms with Gasteiger partial charge in [-0.25, -0.2) is 13.2 Å². The van der Waals surface area contributed by atoms with Crippen molar-refractivity contribution in [2.45, 2.75) is 58.5 Å². The standard InChI is InChI=1S/C32H35F3N4O3/c1-16(2)8-7-9-19(33)26-27(29(41)37-22-11-10-18(28(36)40)14-20(22)34)39-24(15-31(4,5)6)32(26)25-21(35)12-17(3)13-23(25)38-30(32)42/h7-14,24,26-27,39H,1,15H2,2-6H3,(H2,36,40)(H,37,41)(H,38,42)/b8-7-,19-9-/t24?,26?,27-,32+/m1/s1. The summed E-state index contributed by atoms with van der Waals surface area (Å²) in [6.45, 7) is 12.9. The molecule has 2 heterocycles. The lowest BCUT2D eigenvalue weighted by Crippen LogP contribution is -2.51. The molecule has 2 aromatic carbocycles. The normalized spacial score (nSPS) is 23.8. The molecule has 4 rings (SSSR count). The zero-order chi connectivity index (χ0) is 31.1. The number of amides is 3. The Balaban J connectivity index is 1.91. The Bertz CT molecular complexity index is 1540. The molecule has 0 bridgehead atoms. The number of fused-ring (bicyclic) bond motifs is 2. The summed E-state index contributed by atoms with van der Waals surface area (Å²) in [6, 6.07) is 3.87. The predicted octanol–water partition coefficient (Wildman–Crippen LogP) is 5.58. The van der Waals surface area contributed by atoms with Crippen LogP contribution >= 0.6 is 0 Å². The number of hydrogen-bond donors (Lipinski definition) is 4. The first-order chi connectivity index (χ1) is 19.6. The van der Waals surface area contributed by atoms with Gasteiger partial charge in [0.1, 0.15) is 22.9 Å². The molecule has 4 atom stereocenters. The van der Waals surface area contributed by atoms with Gasteiger partial charge >= 0.3 is 0 Å². The van der Waals surface area contributed by atoms with Crippen molar-refractivity contribution in [3.05, 3.63) is 94.9 Å². The van der Waals surface area contributed by atoms with Crippen LogP contribution in [0.2, 0.25) is 0 Å². The number of nitrogens with one attached hydrogen (secondary N) is 3. The second-order valence-corrected chi connectivity index (χ2v) is 12.2. The number of allylic oxidation sites excluding steroid dienone is 4. The fourth-order valence-corrected chi connectivity index (χ4v) is 5.98. The van der Waals surface area contributed by atoms with E-state index < -0.39 is 64.0 Å². The van der Waals surface area contributed by atoms with E-state index in [9.17, 15) is 18.8 Å². The van der Waals surface area contributed by atoms with Gasteiger partial charge in [-0.2, -0.15) is 0 Å². The SMILES string of the molecule is C=C(C)/C=C\C=C(/F)C1[C@H](C(=O)Nc2ccc(C(N)=O)cc2F)NC(CC(C)(C)C)[C@@]12C(=O)Nc1cc(C)cc(F)c12. The van der Waals surface area contributed by atoms with E-state index in [4.69, 9.17) is 5.73 Å². The highest BCUT2D eigenvalue weighted by atomic mass is 19.1. The quantitative estimate of drug-likeness (QED) is 0.320. The van der Waals surface area contributed by atoms with E-state index in [2.05, 4.69) is 22.5 Å². The van der Waals surface area contributed by atoms with Crippen LogP contribution in [0.15, 0.2) is 66.5 Å². The monoisotopic (exact) mass is 580 g/mol. The number of primary amides is 1. The minimum Gasteiger partial charge on any atom is -0.366 e. The van der Waals surface area contributed by atoms with Crippen LogP contribution in [0.1, 0.15) is 55.6 Å². The van der Waals surface area contributed by atoms with Gasteiger partial charge in [-0.3, -0.25) is 14.4 Å². The summed E-state index contributed by atoms with van der Waals surface area (Å²) in [5.74, 6) is -6.32. The maximum absolute atomic E-state index is 16.4. The third-order valence-electron chi connectivity index (χ3n) is 7.57. The summed E-state index contributed by atoms with van der Waals surface area (Å²) in [4.78, 5) is 39.3. The van der Waals surface area contributed by atoms with Gasteiger partial charge < -0.3 is 21.7 Å². The summed E-state index contributed by atoms with van der Waals surface area (Å²) in [5, 5.41) is 8.33. The Kier molecular flexibility index (Phi) is 8.24. The molecule has 7 nitrogen and oxygen atoms in total. The van der Waals surface area contributed by atoms with E-state index in [1.165, 1.54) is 24.3 Å². The molecule has 2 unspecified atom stereocenters. The Hall–Kier alpha value is -4.18. The average molecular weight is 581 g/mol. The molecule has 5 N–H and O–H groups in total. The zero-order valence-corrected chi connectivity index (χ0v) is 24.2. The van der Waals surface area contributed by atoms with Gasteiger partial charge in [0.05, 0.1) is 17.6 Å². The summed E-state index contributed by atoms with van der Waals surface area (Å²) in [5.41, 5.74) is 3.94. The van der Waals surface area contributed by atoms with Crippen molar-refractivity contribution < 1.29 is 27.6 Å². The number of rotatable bonds is 7. The summed E-state index contributed by atoms with van der Waals surface area (Å²) in [6.07, 6.45) is 4.35. The van der Waals surface area contributed by atoms with Crippen molar-refractivity contribution in [2.24, 2.45) is 17.1 Å². The van der Waals surface area contributed by atoms with Crippen LogP contribution < -0.4 is 21.7 Å². The van der Waals surface area contributed by atoms with Crippen LogP contribution in [-0.4, -0.2) is 29.8 Å². The molecule has 0 aromatic heterocycles. The van der Waals surface area contributed by atoms with Crippen LogP contribution in [0.25, 0.3) is 0 Å². The Morgan fingerprint density at radius 3 is 2.45 bits per heavy atom. The maximum atomic E-state index is 16.4. The number of benzene rings is 2. The lowest BCUT2D eigenvalue weighted by atomic mass is 9.63. The third-order valence-corrected chi connectivity index (χ3v) is 7.57. The van der Waals surface area contributed by atoms with Crippen molar-refractivity contribution in [3.63, 3.8) is 0 Å². The minimum absolute atomic E-state index is 0.0235. The molecule has 2 aliphatic heterocycles. The number of halogens is 3. The number of nitrogens with two attached hydrogens (primary N) is 1. The highest BCUT2D eigenvalue weighted by Gasteiger charge is 2.67. The molecule has 2 aromatic rings. The number of carbonyl (C=O) groups is 3. The van der Waals surface area contributed by atoms with Gasteiger partial charge in [0.15, 0.2) is 0 Å². The fraction of sp³-hybridized carbons (Fsp3) is 0.344. The molecule has 1 spiro atoms. The number of anilines is 2. The minimum atomic E-state index is -1.85. The van der Waals surface area contributed by atoms with Gasteiger partial charge in [0.25, 0.3) is 0 Å². The Labute approximate surface area is 243 Å². The highest BCUT2D eigenvalue weighted by molar-refractivity contribution is 6.09. The molecular weight excluding hydrogens is 545 g/mol. The zero-order valence-electron chi connectivity index (χ0n) is 24.2. The predicted molar refractivity (Wildman–Crippen MR) is 156 cm³/mol. The maximum Gasteiger partial charge on any atom is 0.248 e. The topological polar surface area (TPSA) is 113 Å². The van der Waals surface area contributed by atoms with Crippen LogP contribution in [-0.2, 0) is 15.0 Å². The summed E-state index contributed by atoms with van der Waals surface area (Å²) in [7, 11) is 0. The van der Waals surface area contributed by atoms with Crippen molar-refractivity contribution >= 4 is 29.1 Å². The molecule has 2 aliphatic rings. The van der Waals surface area contributed by atoms with Crippen LogP contribution in [0.4, 0.5) is 24.5 Å². The second-order valence-electron chi connectivity index (χ2n) is 12.2. The van der Waals surface area contributed by atoms with Gasteiger partial charge in [-0.1, -0.05) is 45.1 Å². The van der Waals surface area contributed by atoms with E-state index >= 15 is 8.78 Å². The van der Waals surface area contributed by atoms with Gasteiger partial charge in [-0.15, -0.1) is 0 Å². The molecule has 222 valence electrons. The first-order valence-electron chi connectivity index (χ1n) is 13.5. The van der Waals surface area contributed by atoms with Crippen LogP contribution in [0.5, 0.6) is 0 Å². The molecule has 10 heteroatoms. The van der Waals surface area contributed by atoms with E-state index in [0.717, 1.165) is 12.1 Å². The molecule has 0 saturated carbocycles. The summed E-state index contributed by atoms with van der Waals surface area (Å²) < 4.78 is 47.2. The van der Waals surface area contributed by atoms with Crippen molar-refractivity contribution in [1.82, 2.24) is 5.32 Å². The molecule has 0 radical (unpaired) electrons. The summed E-state index contributed by atoms with van der Waals surface area (Å²) >= 11 is 0. The van der Waals surface area contributed by atoms with Crippen molar-refractivity contribution in [2.75, 3.05) is 10.6 Å². The second kappa shape index (κ2) is 11.2. The van der Waals surface area contributed by atoms with Crippen LogP contribution in [0, 0.1) is 29.9 Å². The Morgan fingerprint density at radius 1 is 1.17 bits per heavy atom. The van der Waals surface area contributed by atoms with E-state index in [-0.39, 0.29) is 28.9 Å². The van der Waals surface area contributed by atoms with Crippen molar-refractivity contribution in [3.8, 4) is 0 Å². The Morgan fingerprint density at radius 2 is 1.86 bits per heavy atom.